The Labute approximate surface area is 119 Å². The highest BCUT2D eigenvalue weighted by Gasteiger charge is 2.19. The Morgan fingerprint density at radius 3 is 2.90 bits per heavy atom. The standard InChI is InChI=1S/C12H13N5O4/c1-16-9(3-4-15-16)7-14-11-10(17(19)20)5-8(6-13-11)12(18)21-2/h3-6H,7H2,1-2H3,(H,13,14). The van der Waals surface area contributed by atoms with Gasteiger partial charge in [-0.25, -0.2) is 9.78 Å². The first kappa shape index (κ1) is 14.4. The fourth-order valence-corrected chi connectivity index (χ4v) is 1.71. The van der Waals surface area contributed by atoms with Crippen LogP contribution >= 0.6 is 0 Å². The number of nitro groups is 1. The smallest absolute Gasteiger partial charge is 0.339 e. The molecule has 0 atom stereocenters. The highest BCUT2D eigenvalue weighted by Crippen LogP contribution is 2.23. The van der Waals surface area contributed by atoms with Crippen LogP contribution in [-0.2, 0) is 18.3 Å². The van der Waals surface area contributed by atoms with Crippen molar-refractivity contribution < 1.29 is 14.5 Å². The van der Waals surface area contributed by atoms with E-state index in [0.29, 0.717) is 6.54 Å². The summed E-state index contributed by atoms with van der Waals surface area (Å²) in [5.74, 6) is -0.599. The summed E-state index contributed by atoms with van der Waals surface area (Å²) >= 11 is 0. The molecule has 0 aliphatic rings. The zero-order chi connectivity index (χ0) is 15.4. The molecule has 2 heterocycles. The van der Waals surface area contributed by atoms with Crippen molar-refractivity contribution in [1.29, 1.82) is 0 Å². The number of methoxy groups -OCH3 is 1. The Kier molecular flexibility index (Phi) is 4.12. The molecule has 0 spiro atoms. The lowest BCUT2D eigenvalue weighted by molar-refractivity contribution is -0.384. The number of aryl methyl sites for hydroxylation is 1. The predicted molar refractivity (Wildman–Crippen MR) is 72.8 cm³/mol. The quantitative estimate of drug-likeness (QED) is 0.499. The third-order valence-electron chi connectivity index (χ3n) is 2.84. The first-order valence-electron chi connectivity index (χ1n) is 5.96. The van der Waals surface area contributed by atoms with Crippen LogP contribution in [0.15, 0.2) is 24.5 Å². The van der Waals surface area contributed by atoms with Crippen LogP contribution in [0.25, 0.3) is 0 Å². The molecule has 0 unspecified atom stereocenters. The van der Waals surface area contributed by atoms with Crippen LogP contribution in [0.2, 0.25) is 0 Å². The van der Waals surface area contributed by atoms with Gasteiger partial charge in [-0.15, -0.1) is 0 Å². The molecule has 0 aromatic carbocycles. The number of rotatable bonds is 5. The monoisotopic (exact) mass is 291 g/mol. The summed E-state index contributed by atoms with van der Waals surface area (Å²) in [5.41, 5.74) is 0.568. The summed E-state index contributed by atoms with van der Waals surface area (Å²) in [5, 5.41) is 17.9. The molecule has 2 rings (SSSR count). The highest BCUT2D eigenvalue weighted by atomic mass is 16.6. The van der Waals surface area contributed by atoms with E-state index in [-0.39, 0.29) is 17.1 Å². The zero-order valence-electron chi connectivity index (χ0n) is 11.4. The van der Waals surface area contributed by atoms with Gasteiger partial charge in [0.2, 0.25) is 5.82 Å². The van der Waals surface area contributed by atoms with E-state index in [1.54, 1.807) is 24.0 Å². The number of anilines is 1. The molecule has 0 fully saturated rings. The van der Waals surface area contributed by atoms with Gasteiger partial charge in [0.15, 0.2) is 0 Å². The number of esters is 1. The summed E-state index contributed by atoms with van der Waals surface area (Å²) in [4.78, 5) is 25.7. The molecule has 0 aliphatic carbocycles. The van der Waals surface area contributed by atoms with Gasteiger partial charge in [0, 0.05) is 25.5 Å². The maximum atomic E-state index is 11.4. The van der Waals surface area contributed by atoms with Gasteiger partial charge in [-0.1, -0.05) is 0 Å². The van der Waals surface area contributed by atoms with Crippen molar-refractivity contribution in [3.05, 3.63) is 45.9 Å². The number of carbonyl (C=O) groups is 1. The third-order valence-corrected chi connectivity index (χ3v) is 2.84. The molecule has 0 aliphatic heterocycles. The summed E-state index contributed by atoms with van der Waals surface area (Å²) in [6, 6.07) is 2.91. The van der Waals surface area contributed by atoms with Crippen LogP contribution in [0.4, 0.5) is 11.5 Å². The first-order valence-corrected chi connectivity index (χ1v) is 5.96. The Hall–Kier alpha value is -2.97. The molecule has 9 nitrogen and oxygen atoms in total. The van der Waals surface area contributed by atoms with Crippen LogP contribution in [0, 0.1) is 10.1 Å². The minimum Gasteiger partial charge on any atom is -0.465 e. The SMILES string of the molecule is COC(=O)c1cnc(NCc2ccnn2C)c([N+](=O)[O-])c1. The Morgan fingerprint density at radius 2 is 2.33 bits per heavy atom. The molecule has 0 saturated heterocycles. The fraction of sp³-hybridized carbons (Fsp3) is 0.250. The van der Waals surface area contributed by atoms with Crippen molar-refractivity contribution in [2.45, 2.75) is 6.54 Å². The lowest BCUT2D eigenvalue weighted by Crippen LogP contribution is -2.10. The molecular formula is C12H13N5O4. The van der Waals surface area contributed by atoms with E-state index < -0.39 is 10.9 Å². The van der Waals surface area contributed by atoms with Gasteiger partial charge in [0.25, 0.3) is 0 Å². The van der Waals surface area contributed by atoms with E-state index in [9.17, 15) is 14.9 Å². The molecule has 9 heteroatoms. The van der Waals surface area contributed by atoms with Crippen LogP contribution in [0.1, 0.15) is 16.1 Å². The molecule has 21 heavy (non-hydrogen) atoms. The van der Waals surface area contributed by atoms with E-state index >= 15 is 0 Å². The lowest BCUT2D eigenvalue weighted by Gasteiger charge is -2.07. The summed E-state index contributed by atoms with van der Waals surface area (Å²) in [6.07, 6.45) is 2.85. The third kappa shape index (κ3) is 3.14. The van der Waals surface area contributed by atoms with Crippen molar-refractivity contribution in [3.8, 4) is 0 Å². The van der Waals surface area contributed by atoms with E-state index in [2.05, 4.69) is 20.1 Å². The molecule has 2 aromatic heterocycles. The number of nitrogens with one attached hydrogen (secondary N) is 1. The number of hydrogen-bond acceptors (Lipinski definition) is 7. The molecule has 1 N–H and O–H groups in total. The van der Waals surface area contributed by atoms with Gasteiger partial charge in [-0.3, -0.25) is 14.8 Å². The number of aromatic nitrogens is 3. The number of nitrogens with zero attached hydrogens (tertiary/aromatic N) is 4. The molecular weight excluding hydrogens is 278 g/mol. The number of hydrogen-bond donors (Lipinski definition) is 1. The second-order valence-corrected chi connectivity index (χ2v) is 4.14. The maximum absolute atomic E-state index is 11.4. The van der Waals surface area contributed by atoms with Crippen LogP contribution in [0.3, 0.4) is 0 Å². The predicted octanol–water partition coefficient (Wildman–Crippen LogP) is 1.12. The number of ether oxygens (including phenoxy) is 1. The average Bonchev–Trinajstić information content (AvgIpc) is 2.89. The molecule has 110 valence electrons. The average molecular weight is 291 g/mol. The van der Waals surface area contributed by atoms with Crippen LogP contribution < -0.4 is 5.32 Å². The second-order valence-electron chi connectivity index (χ2n) is 4.14. The lowest BCUT2D eigenvalue weighted by atomic mass is 10.2. The zero-order valence-corrected chi connectivity index (χ0v) is 11.4. The minimum absolute atomic E-state index is 0.0234. The summed E-state index contributed by atoms with van der Waals surface area (Å²) in [6.45, 7) is 0.321. The van der Waals surface area contributed by atoms with Gasteiger partial charge < -0.3 is 10.1 Å². The van der Waals surface area contributed by atoms with E-state index in [4.69, 9.17) is 0 Å². The van der Waals surface area contributed by atoms with Gasteiger partial charge in [-0.2, -0.15) is 5.10 Å². The van der Waals surface area contributed by atoms with Crippen molar-refractivity contribution in [3.63, 3.8) is 0 Å². The van der Waals surface area contributed by atoms with Gasteiger partial charge in [0.05, 0.1) is 29.8 Å². The van der Waals surface area contributed by atoms with E-state index in [1.165, 1.54) is 13.3 Å². The van der Waals surface area contributed by atoms with Crippen molar-refractivity contribution in [2.75, 3.05) is 12.4 Å². The second kappa shape index (κ2) is 5.99. The van der Waals surface area contributed by atoms with Crippen molar-refractivity contribution in [1.82, 2.24) is 14.8 Å². The van der Waals surface area contributed by atoms with Gasteiger partial charge in [-0.05, 0) is 6.07 Å². The molecule has 2 aromatic rings. The molecule has 0 radical (unpaired) electrons. The fourth-order valence-electron chi connectivity index (χ4n) is 1.71. The van der Waals surface area contributed by atoms with Gasteiger partial charge in [0.1, 0.15) is 0 Å². The highest BCUT2D eigenvalue weighted by molar-refractivity contribution is 5.90. The summed E-state index contributed by atoms with van der Waals surface area (Å²) in [7, 11) is 2.96. The number of pyridine rings is 1. The summed E-state index contributed by atoms with van der Waals surface area (Å²) < 4.78 is 6.15. The van der Waals surface area contributed by atoms with E-state index in [1.807, 2.05) is 0 Å². The molecule has 0 saturated carbocycles. The Morgan fingerprint density at radius 1 is 1.57 bits per heavy atom. The molecule has 0 bridgehead atoms. The maximum Gasteiger partial charge on any atom is 0.339 e. The van der Waals surface area contributed by atoms with Crippen molar-refractivity contribution >= 4 is 17.5 Å². The van der Waals surface area contributed by atoms with E-state index in [0.717, 1.165) is 11.8 Å². The first-order chi connectivity index (χ1) is 10.0. The normalized spacial score (nSPS) is 10.2. The van der Waals surface area contributed by atoms with Crippen LogP contribution in [0.5, 0.6) is 0 Å². The topological polar surface area (TPSA) is 112 Å². The largest absolute Gasteiger partial charge is 0.465 e. The number of carbonyl (C=O) groups excluding carboxylic acids is 1. The Bertz CT molecular complexity index is 682. The molecule has 0 amide bonds. The minimum atomic E-state index is -0.677. The van der Waals surface area contributed by atoms with Gasteiger partial charge >= 0.3 is 11.7 Å². The Balaban J connectivity index is 2.24. The van der Waals surface area contributed by atoms with Crippen molar-refractivity contribution in [2.24, 2.45) is 7.05 Å². The van der Waals surface area contributed by atoms with Crippen LogP contribution in [-0.4, -0.2) is 32.8 Å².